The fourth-order valence-electron chi connectivity index (χ4n) is 2.16. The van der Waals surface area contributed by atoms with Crippen molar-refractivity contribution in [2.45, 2.75) is 19.8 Å². The lowest BCUT2D eigenvalue weighted by Crippen LogP contribution is -2.34. The summed E-state index contributed by atoms with van der Waals surface area (Å²) in [6.45, 7) is 3.61. The maximum Gasteiger partial charge on any atom is 0.277 e. The molecule has 1 heterocycles. The summed E-state index contributed by atoms with van der Waals surface area (Å²) in [5.74, 6) is -0.583. The first-order valence-electron chi connectivity index (χ1n) is 6.72. The molecule has 3 N–H and O–H groups in total. The van der Waals surface area contributed by atoms with Gasteiger partial charge in [-0.15, -0.1) is 0 Å². The van der Waals surface area contributed by atoms with Crippen LogP contribution in [0.15, 0.2) is 30.0 Å². The van der Waals surface area contributed by atoms with Gasteiger partial charge in [0.05, 0.1) is 13.2 Å². The molecule has 6 heteroatoms. The number of carbonyl (C=O) groups excluding carboxylic acids is 2. The van der Waals surface area contributed by atoms with E-state index in [1.807, 2.05) is 13.8 Å². The molecule has 1 aliphatic heterocycles. The van der Waals surface area contributed by atoms with Crippen molar-refractivity contribution in [3.63, 3.8) is 0 Å². The zero-order chi connectivity index (χ0) is 15.6. The van der Waals surface area contributed by atoms with Gasteiger partial charge in [0, 0.05) is 11.8 Å². The van der Waals surface area contributed by atoms with Crippen LogP contribution in [0.3, 0.4) is 0 Å². The Bertz CT molecular complexity index is 608. The highest BCUT2D eigenvalue weighted by Gasteiger charge is 2.30. The first-order chi connectivity index (χ1) is 9.93. The average molecular weight is 290 g/mol. The first-order valence-corrected chi connectivity index (χ1v) is 6.72. The Morgan fingerprint density at radius 2 is 2.00 bits per heavy atom. The number of aromatic hydroxyl groups is 1. The van der Waals surface area contributed by atoms with Crippen molar-refractivity contribution < 1.29 is 19.8 Å². The van der Waals surface area contributed by atoms with Crippen LogP contribution in [0.1, 0.15) is 25.3 Å². The number of hydrogen-bond acceptors (Lipinski definition) is 5. The Morgan fingerprint density at radius 1 is 1.29 bits per heavy atom. The molecule has 2 rings (SSSR count). The van der Waals surface area contributed by atoms with Crippen molar-refractivity contribution in [2.24, 2.45) is 0 Å². The van der Waals surface area contributed by atoms with Crippen molar-refractivity contribution in [3.05, 3.63) is 35.5 Å². The second-order valence-electron chi connectivity index (χ2n) is 5.13. The van der Waals surface area contributed by atoms with Crippen LogP contribution >= 0.6 is 0 Å². The van der Waals surface area contributed by atoms with Crippen molar-refractivity contribution in [1.29, 1.82) is 0 Å². The molecule has 21 heavy (non-hydrogen) atoms. The maximum absolute atomic E-state index is 12.0. The Kier molecular flexibility index (Phi) is 4.28. The summed E-state index contributed by atoms with van der Waals surface area (Å²) in [7, 11) is 0. The van der Waals surface area contributed by atoms with E-state index < -0.39 is 11.8 Å². The smallest absolute Gasteiger partial charge is 0.277 e. The van der Waals surface area contributed by atoms with Gasteiger partial charge in [-0.3, -0.25) is 14.5 Å². The van der Waals surface area contributed by atoms with Crippen LogP contribution in [0.2, 0.25) is 0 Å². The third-order valence-corrected chi connectivity index (χ3v) is 3.26. The van der Waals surface area contributed by atoms with Gasteiger partial charge in [0.15, 0.2) is 0 Å². The summed E-state index contributed by atoms with van der Waals surface area (Å²) in [5.41, 5.74) is 1.54. The average Bonchev–Trinajstić information content (AvgIpc) is 2.69. The lowest BCUT2D eigenvalue weighted by atomic mass is 10.0. The van der Waals surface area contributed by atoms with Gasteiger partial charge < -0.3 is 15.5 Å². The number of carbonyl (C=O) groups is 2. The molecule has 1 aromatic rings. The highest BCUT2D eigenvalue weighted by Crippen LogP contribution is 2.29. The fourth-order valence-corrected chi connectivity index (χ4v) is 2.16. The Balaban J connectivity index is 2.20. The standard InChI is InChI=1S/C15H18N2O4/c1-9(2)11-7-10(3-4-13(11)19)16-12-8-14(20)17(5-6-18)15(12)21/h3-4,7-9,16,18-19H,5-6H2,1-2H3. The van der Waals surface area contributed by atoms with E-state index >= 15 is 0 Å². The quantitative estimate of drug-likeness (QED) is 0.559. The Hall–Kier alpha value is -2.34. The van der Waals surface area contributed by atoms with Gasteiger partial charge in [-0.1, -0.05) is 13.8 Å². The van der Waals surface area contributed by atoms with E-state index in [1.54, 1.807) is 18.2 Å². The number of aliphatic hydroxyl groups is 1. The van der Waals surface area contributed by atoms with Gasteiger partial charge in [0.25, 0.3) is 11.8 Å². The first kappa shape index (κ1) is 15.1. The molecule has 0 aromatic heterocycles. The molecule has 0 saturated heterocycles. The molecular formula is C15H18N2O4. The van der Waals surface area contributed by atoms with Gasteiger partial charge in [-0.2, -0.15) is 0 Å². The van der Waals surface area contributed by atoms with Crippen molar-refractivity contribution in [2.75, 3.05) is 18.5 Å². The molecule has 1 aliphatic rings. The molecule has 6 nitrogen and oxygen atoms in total. The summed E-state index contributed by atoms with van der Waals surface area (Å²) >= 11 is 0. The zero-order valence-electron chi connectivity index (χ0n) is 12.0. The van der Waals surface area contributed by atoms with E-state index in [1.165, 1.54) is 6.08 Å². The van der Waals surface area contributed by atoms with E-state index in [9.17, 15) is 14.7 Å². The number of nitrogens with zero attached hydrogens (tertiary/aromatic N) is 1. The van der Waals surface area contributed by atoms with Gasteiger partial charge in [0.1, 0.15) is 11.4 Å². The predicted molar refractivity (Wildman–Crippen MR) is 77.7 cm³/mol. The number of aliphatic hydroxyl groups excluding tert-OH is 1. The highest BCUT2D eigenvalue weighted by molar-refractivity contribution is 6.17. The largest absolute Gasteiger partial charge is 0.508 e. The second-order valence-corrected chi connectivity index (χ2v) is 5.13. The topological polar surface area (TPSA) is 89.9 Å². The number of phenols is 1. The Morgan fingerprint density at radius 3 is 2.62 bits per heavy atom. The second kappa shape index (κ2) is 5.97. The van der Waals surface area contributed by atoms with E-state index in [4.69, 9.17) is 5.11 Å². The van der Waals surface area contributed by atoms with E-state index in [2.05, 4.69) is 5.32 Å². The minimum absolute atomic E-state index is 0.0217. The highest BCUT2D eigenvalue weighted by atomic mass is 16.3. The lowest BCUT2D eigenvalue weighted by molar-refractivity contribution is -0.137. The van der Waals surface area contributed by atoms with Gasteiger partial charge in [-0.25, -0.2) is 0 Å². The number of rotatable bonds is 5. The number of anilines is 1. The molecule has 0 fully saturated rings. The van der Waals surface area contributed by atoms with Crippen LogP contribution in [0.25, 0.3) is 0 Å². The molecule has 1 aromatic carbocycles. The number of imide groups is 1. The molecule has 2 amide bonds. The normalized spacial score (nSPS) is 14.9. The van der Waals surface area contributed by atoms with E-state index in [0.717, 1.165) is 10.5 Å². The molecule has 0 radical (unpaired) electrons. The zero-order valence-corrected chi connectivity index (χ0v) is 12.0. The fraction of sp³-hybridized carbons (Fsp3) is 0.333. The van der Waals surface area contributed by atoms with Crippen LogP contribution < -0.4 is 5.32 Å². The molecular weight excluding hydrogens is 272 g/mol. The lowest BCUT2D eigenvalue weighted by Gasteiger charge is -2.14. The minimum atomic E-state index is -0.465. The predicted octanol–water partition coefficient (Wildman–Crippen LogP) is 1.17. The maximum atomic E-state index is 12.0. The number of amides is 2. The number of benzene rings is 1. The third kappa shape index (κ3) is 3.05. The van der Waals surface area contributed by atoms with Gasteiger partial charge in [0.2, 0.25) is 0 Å². The van der Waals surface area contributed by atoms with Crippen LogP contribution in [-0.4, -0.2) is 40.1 Å². The molecule has 112 valence electrons. The summed E-state index contributed by atoms with van der Waals surface area (Å²) in [6.07, 6.45) is 1.21. The van der Waals surface area contributed by atoms with Crippen LogP contribution in [0.4, 0.5) is 5.69 Å². The number of β-amino-alcohol motifs (C(OH)–C–C–N with tert-alkyl or cyclic N) is 1. The van der Waals surface area contributed by atoms with Gasteiger partial charge in [-0.05, 0) is 29.7 Å². The van der Waals surface area contributed by atoms with E-state index in [-0.39, 0.29) is 30.5 Å². The molecule has 0 atom stereocenters. The van der Waals surface area contributed by atoms with Crippen LogP contribution in [0, 0.1) is 0 Å². The minimum Gasteiger partial charge on any atom is -0.508 e. The number of phenolic OH excluding ortho intramolecular Hbond substituents is 1. The van der Waals surface area contributed by atoms with Gasteiger partial charge >= 0.3 is 0 Å². The van der Waals surface area contributed by atoms with Crippen LogP contribution in [0.5, 0.6) is 5.75 Å². The summed E-state index contributed by atoms with van der Waals surface area (Å²) in [5, 5.41) is 21.5. The molecule has 0 saturated carbocycles. The van der Waals surface area contributed by atoms with Crippen LogP contribution in [-0.2, 0) is 9.59 Å². The molecule has 0 unspecified atom stereocenters. The summed E-state index contributed by atoms with van der Waals surface area (Å²) in [6, 6.07) is 4.92. The molecule has 0 bridgehead atoms. The number of nitrogens with one attached hydrogen (secondary N) is 1. The van der Waals surface area contributed by atoms with Crippen molar-refractivity contribution >= 4 is 17.5 Å². The van der Waals surface area contributed by atoms with E-state index in [0.29, 0.717) is 5.69 Å². The monoisotopic (exact) mass is 290 g/mol. The third-order valence-electron chi connectivity index (χ3n) is 3.26. The Labute approximate surface area is 122 Å². The number of hydrogen-bond donors (Lipinski definition) is 3. The SMILES string of the molecule is CC(C)c1cc(NC2=CC(=O)N(CCO)C2=O)ccc1O. The molecule has 0 aliphatic carbocycles. The summed E-state index contributed by atoms with van der Waals surface area (Å²) < 4.78 is 0. The molecule has 0 spiro atoms. The van der Waals surface area contributed by atoms with Crippen molar-refractivity contribution in [1.82, 2.24) is 4.90 Å². The summed E-state index contributed by atoms with van der Waals surface area (Å²) in [4.78, 5) is 24.6. The van der Waals surface area contributed by atoms with Crippen molar-refractivity contribution in [3.8, 4) is 5.75 Å².